The predicted octanol–water partition coefficient (Wildman–Crippen LogP) is 2.96. The van der Waals surface area contributed by atoms with Gasteiger partial charge in [-0.2, -0.15) is 0 Å². The maximum Gasteiger partial charge on any atom is 0.143 e. The fourth-order valence-electron chi connectivity index (χ4n) is 2.28. The van der Waals surface area contributed by atoms with Crippen LogP contribution in [0.4, 0.5) is 15.8 Å². The Morgan fingerprint density at radius 3 is 2.78 bits per heavy atom. The molecule has 3 nitrogen and oxygen atoms in total. The second-order valence-corrected chi connectivity index (χ2v) is 5.23. The molecule has 2 rings (SSSR count). The molecule has 0 amide bonds. The summed E-state index contributed by atoms with van der Waals surface area (Å²) in [5.74, 6) is -0.479. The molecule has 5 heteroatoms. The molecular weight excluding hydrogens is 253 g/mol. The molecular formula is C13H19ClFN3. The van der Waals surface area contributed by atoms with Crippen LogP contribution >= 0.6 is 11.6 Å². The molecule has 1 fully saturated rings. The van der Waals surface area contributed by atoms with Crippen molar-refractivity contribution < 1.29 is 4.39 Å². The highest BCUT2D eigenvalue weighted by atomic mass is 35.5. The minimum Gasteiger partial charge on any atom is -0.397 e. The van der Waals surface area contributed by atoms with Crippen molar-refractivity contribution >= 4 is 23.0 Å². The van der Waals surface area contributed by atoms with Gasteiger partial charge in [0, 0.05) is 18.7 Å². The Bertz CT molecular complexity index is 419. The maximum atomic E-state index is 13.2. The summed E-state index contributed by atoms with van der Waals surface area (Å²) in [6.45, 7) is 5.27. The summed E-state index contributed by atoms with van der Waals surface area (Å²) in [5, 5.41) is 3.34. The first-order valence-electron chi connectivity index (χ1n) is 6.30. The highest BCUT2D eigenvalue weighted by Gasteiger charge is 2.18. The number of nitrogens with one attached hydrogen (secondary N) is 1. The van der Waals surface area contributed by atoms with Gasteiger partial charge in [0.1, 0.15) is 5.82 Å². The fraction of sp³-hybridized carbons (Fsp3) is 0.538. The molecule has 100 valence electrons. The number of likely N-dealkylation sites (tertiary alicyclic amines) is 1. The predicted molar refractivity (Wildman–Crippen MR) is 74.6 cm³/mol. The van der Waals surface area contributed by atoms with Gasteiger partial charge in [0.05, 0.1) is 16.4 Å². The number of rotatable bonds is 4. The van der Waals surface area contributed by atoms with Gasteiger partial charge in [0.15, 0.2) is 0 Å². The van der Waals surface area contributed by atoms with Crippen LogP contribution in [0, 0.1) is 5.82 Å². The molecule has 0 radical (unpaired) electrons. The van der Waals surface area contributed by atoms with Gasteiger partial charge in [0.2, 0.25) is 0 Å². The van der Waals surface area contributed by atoms with Gasteiger partial charge in [0.25, 0.3) is 0 Å². The second-order valence-electron chi connectivity index (χ2n) is 4.83. The van der Waals surface area contributed by atoms with Crippen molar-refractivity contribution in [2.75, 3.05) is 30.7 Å². The van der Waals surface area contributed by atoms with E-state index in [1.807, 2.05) is 0 Å². The van der Waals surface area contributed by atoms with Gasteiger partial charge in [-0.15, -0.1) is 0 Å². The average molecular weight is 272 g/mol. The average Bonchev–Trinajstić information content (AvgIpc) is 2.85. The maximum absolute atomic E-state index is 13.2. The zero-order valence-electron chi connectivity index (χ0n) is 10.5. The van der Waals surface area contributed by atoms with Crippen LogP contribution in [0.1, 0.15) is 19.8 Å². The molecule has 0 aliphatic carbocycles. The minimum atomic E-state index is -0.479. The molecule has 0 saturated carbocycles. The van der Waals surface area contributed by atoms with E-state index in [9.17, 15) is 4.39 Å². The van der Waals surface area contributed by atoms with Gasteiger partial charge in [-0.1, -0.05) is 11.6 Å². The van der Waals surface area contributed by atoms with E-state index >= 15 is 0 Å². The molecule has 1 atom stereocenters. The molecule has 1 unspecified atom stereocenters. The van der Waals surface area contributed by atoms with Crippen LogP contribution in [0.25, 0.3) is 0 Å². The highest BCUT2D eigenvalue weighted by molar-refractivity contribution is 6.31. The zero-order chi connectivity index (χ0) is 13.1. The molecule has 0 aromatic heterocycles. The normalized spacial score (nSPS) is 17.9. The second kappa shape index (κ2) is 5.76. The van der Waals surface area contributed by atoms with Crippen LogP contribution in [0.2, 0.25) is 5.02 Å². The SMILES string of the molecule is CC(CNc1cc(Cl)c(F)cc1N)N1CCCC1. The van der Waals surface area contributed by atoms with Crippen molar-refractivity contribution in [1.82, 2.24) is 4.90 Å². The standard InChI is InChI=1S/C13H19ClFN3/c1-9(18-4-2-3-5-18)8-17-13-6-10(14)11(15)7-12(13)16/h6-7,9,17H,2-5,8,16H2,1H3. The van der Waals surface area contributed by atoms with Gasteiger partial charge in [-0.05, 0) is 38.9 Å². The van der Waals surface area contributed by atoms with Crippen LogP contribution in [0.5, 0.6) is 0 Å². The Morgan fingerprint density at radius 1 is 1.44 bits per heavy atom. The van der Waals surface area contributed by atoms with Crippen LogP contribution in [0.15, 0.2) is 12.1 Å². The van der Waals surface area contributed by atoms with E-state index < -0.39 is 5.82 Å². The number of benzene rings is 1. The van der Waals surface area contributed by atoms with Crippen molar-refractivity contribution in [2.24, 2.45) is 0 Å². The number of nitrogens with zero attached hydrogens (tertiary/aromatic N) is 1. The van der Waals surface area contributed by atoms with E-state index in [1.165, 1.54) is 18.9 Å². The third-order valence-corrected chi connectivity index (χ3v) is 3.73. The monoisotopic (exact) mass is 271 g/mol. The summed E-state index contributed by atoms with van der Waals surface area (Å²) in [5.41, 5.74) is 6.85. The molecule has 1 aromatic carbocycles. The Kier molecular flexibility index (Phi) is 4.30. The number of hydrogen-bond donors (Lipinski definition) is 2. The molecule has 1 heterocycles. The number of anilines is 2. The van der Waals surface area contributed by atoms with E-state index in [-0.39, 0.29) is 5.02 Å². The molecule has 0 bridgehead atoms. The molecule has 1 aromatic rings. The Morgan fingerprint density at radius 2 is 2.11 bits per heavy atom. The summed E-state index contributed by atoms with van der Waals surface area (Å²) < 4.78 is 13.2. The van der Waals surface area contributed by atoms with Crippen molar-refractivity contribution in [3.05, 3.63) is 23.0 Å². The molecule has 3 N–H and O–H groups in total. The quantitative estimate of drug-likeness (QED) is 0.828. The minimum absolute atomic E-state index is 0.0977. The van der Waals surface area contributed by atoms with E-state index in [0.29, 0.717) is 17.4 Å². The largest absolute Gasteiger partial charge is 0.397 e. The summed E-state index contributed by atoms with van der Waals surface area (Å²) in [7, 11) is 0. The van der Waals surface area contributed by atoms with Crippen LogP contribution < -0.4 is 11.1 Å². The lowest BCUT2D eigenvalue weighted by Crippen LogP contribution is -2.35. The highest BCUT2D eigenvalue weighted by Crippen LogP contribution is 2.26. The van der Waals surface area contributed by atoms with E-state index in [4.69, 9.17) is 17.3 Å². The first-order valence-corrected chi connectivity index (χ1v) is 6.68. The van der Waals surface area contributed by atoms with Gasteiger partial charge in [-0.25, -0.2) is 4.39 Å². The molecule has 1 saturated heterocycles. The molecule has 18 heavy (non-hydrogen) atoms. The zero-order valence-corrected chi connectivity index (χ0v) is 11.3. The summed E-state index contributed by atoms with van der Waals surface area (Å²) in [6.07, 6.45) is 2.55. The molecule has 1 aliphatic rings. The molecule has 1 aliphatic heterocycles. The summed E-state index contributed by atoms with van der Waals surface area (Å²) >= 11 is 5.75. The van der Waals surface area contributed by atoms with Gasteiger partial charge < -0.3 is 11.1 Å². The lowest BCUT2D eigenvalue weighted by molar-refractivity contribution is 0.269. The number of hydrogen-bond acceptors (Lipinski definition) is 3. The molecule has 0 spiro atoms. The lowest BCUT2D eigenvalue weighted by atomic mass is 10.2. The van der Waals surface area contributed by atoms with Crippen LogP contribution in [0.3, 0.4) is 0 Å². The van der Waals surface area contributed by atoms with Crippen molar-refractivity contribution in [2.45, 2.75) is 25.8 Å². The van der Waals surface area contributed by atoms with Crippen LogP contribution in [-0.2, 0) is 0 Å². The third-order valence-electron chi connectivity index (χ3n) is 3.44. The van der Waals surface area contributed by atoms with E-state index in [0.717, 1.165) is 19.6 Å². The number of nitrogens with two attached hydrogens (primary N) is 1. The van der Waals surface area contributed by atoms with E-state index in [2.05, 4.69) is 17.1 Å². The topological polar surface area (TPSA) is 41.3 Å². The van der Waals surface area contributed by atoms with Crippen LogP contribution in [-0.4, -0.2) is 30.6 Å². The van der Waals surface area contributed by atoms with Crippen molar-refractivity contribution in [1.29, 1.82) is 0 Å². The van der Waals surface area contributed by atoms with Gasteiger partial charge in [-0.3, -0.25) is 4.90 Å². The van der Waals surface area contributed by atoms with Gasteiger partial charge >= 0.3 is 0 Å². The van der Waals surface area contributed by atoms with Crippen molar-refractivity contribution in [3.63, 3.8) is 0 Å². The Labute approximate surface area is 112 Å². The lowest BCUT2D eigenvalue weighted by Gasteiger charge is -2.24. The smallest absolute Gasteiger partial charge is 0.143 e. The number of halogens is 2. The Balaban J connectivity index is 1.95. The first-order chi connectivity index (χ1) is 8.58. The first kappa shape index (κ1) is 13.4. The summed E-state index contributed by atoms with van der Waals surface area (Å²) in [4.78, 5) is 2.44. The third kappa shape index (κ3) is 3.06. The van der Waals surface area contributed by atoms with E-state index in [1.54, 1.807) is 6.07 Å². The number of nitrogen functional groups attached to an aromatic ring is 1. The summed E-state index contributed by atoms with van der Waals surface area (Å²) in [6, 6.07) is 3.24. The fourth-order valence-corrected chi connectivity index (χ4v) is 2.45. The van der Waals surface area contributed by atoms with Crippen molar-refractivity contribution in [3.8, 4) is 0 Å². The Hall–Kier alpha value is -1.00.